The van der Waals surface area contributed by atoms with E-state index in [0.29, 0.717) is 37.0 Å². The fourth-order valence-corrected chi connectivity index (χ4v) is 5.23. The maximum atomic E-state index is 12.7. The van der Waals surface area contributed by atoms with Crippen molar-refractivity contribution in [1.29, 1.82) is 0 Å². The van der Waals surface area contributed by atoms with Crippen molar-refractivity contribution in [1.82, 2.24) is 9.29 Å². The molecule has 1 N–H and O–H groups in total. The Bertz CT molecular complexity index is 1110. The first-order valence-corrected chi connectivity index (χ1v) is 11.8. The molecule has 1 aromatic heterocycles. The van der Waals surface area contributed by atoms with Gasteiger partial charge in [0.15, 0.2) is 10.9 Å². The molecule has 0 spiro atoms. The van der Waals surface area contributed by atoms with Crippen molar-refractivity contribution in [2.75, 3.05) is 38.2 Å². The lowest BCUT2D eigenvalue weighted by Crippen LogP contribution is -2.40. The molecule has 0 aliphatic carbocycles. The number of thiazole rings is 1. The van der Waals surface area contributed by atoms with Gasteiger partial charge < -0.3 is 10.1 Å². The Labute approximate surface area is 179 Å². The van der Waals surface area contributed by atoms with Crippen LogP contribution in [0.2, 0.25) is 0 Å². The second-order valence-electron chi connectivity index (χ2n) is 6.72. The van der Waals surface area contributed by atoms with Gasteiger partial charge in [-0.2, -0.15) is 4.31 Å². The molecule has 1 aliphatic rings. The van der Waals surface area contributed by atoms with E-state index < -0.39 is 10.0 Å². The molecule has 1 aliphatic heterocycles. The van der Waals surface area contributed by atoms with E-state index in [4.69, 9.17) is 4.74 Å². The number of ether oxygens (including phenoxy) is 1. The van der Waals surface area contributed by atoms with Crippen molar-refractivity contribution in [3.8, 4) is 11.3 Å². The Balaban J connectivity index is 1.41. The molecule has 2 aromatic carbocycles. The number of nitrogens with zero attached hydrogens (tertiary/aromatic N) is 2. The van der Waals surface area contributed by atoms with Crippen LogP contribution in [0.4, 0.5) is 5.13 Å². The van der Waals surface area contributed by atoms with Crippen LogP contribution in [0.3, 0.4) is 0 Å². The zero-order valence-corrected chi connectivity index (χ0v) is 17.8. The van der Waals surface area contributed by atoms with Crippen molar-refractivity contribution in [3.63, 3.8) is 0 Å². The van der Waals surface area contributed by atoms with E-state index in [2.05, 4.69) is 10.3 Å². The first-order valence-electron chi connectivity index (χ1n) is 9.50. The van der Waals surface area contributed by atoms with Gasteiger partial charge in [0.05, 0.1) is 30.3 Å². The Kier molecular flexibility index (Phi) is 6.24. The van der Waals surface area contributed by atoms with Crippen LogP contribution >= 0.6 is 11.3 Å². The molecule has 7 nitrogen and oxygen atoms in total. The standard InChI is InChI=1S/C21H21N3O4S2/c25-20(17-4-2-1-3-5-17)14-22-21-23-19(15-29-21)16-6-8-18(9-7-16)30(26,27)24-10-12-28-13-11-24/h1-9,15H,10-14H2,(H,22,23). The maximum Gasteiger partial charge on any atom is 0.243 e. The minimum atomic E-state index is -3.51. The highest BCUT2D eigenvalue weighted by Gasteiger charge is 2.26. The number of Topliss-reactive ketones (excluding diaryl/α,β-unsaturated/α-hetero) is 1. The molecule has 156 valence electrons. The summed E-state index contributed by atoms with van der Waals surface area (Å²) in [7, 11) is -3.51. The van der Waals surface area contributed by atoms with Crippen LogP contribution in [-0.4, -0.2) is 56.3 Å². The fourth-order valence-electron chi connectivity index (χ4n) is 3.10. The zero-order chi connectivity index (χ0) is 21.0. The number of sulfonamides is 1. The lowest BCUT2D eigenvalue weighted by Gasteiger charge is -2.26. The summed E-state index contributed by atoms with van der Waals surface area (Å²) in [6, 6.07) is 15.8. The number of aromatic nitrogens is 1. The quantitative estimate of drug-likeness (QED) is 0.565. The second-order valence-corrected chi connectivity index (χ2v) is 9.52. The van der Waals surface area contributed by atoms with Crippen LogP contribution < -0.4 is 5.32 Å². The van der Waals surface area contributed by atoms with Gasteiger partial charge in [-0.25, -0.2) is 13.4 Å². The van der Waals surface area contributed by atoms with Gasteiger partial charge in [-0.15, -0.1) is 11.3 Å². The summed E-state index contributed by atoms with van der Waals surface area (Å²) in [5, 5.41) is 5.57. The summed E-state index contributed by atoms with van der Waals surface area (Å²) in [6.45, 7) is 1.73. The number of rotatable bonds is 7. The molecule has 0 amide bonds. The van der Waals surface area contributed by atoms with Gasteiger partial charge >= 0.3 is 0 Å². The molecule has 2 heterocycles. The lowest BCUT2D eigenvalue weighted by molar-refractivity contribution is 0.0730. The van der Waals surface area contributed by atoms with Gasteiger partial charge in [-0.1, -0.05) is 42.5 Å². The predicted molar refractivity (Wildman–Crippen MR) is 116 cm³/mol. The summed E-state index contributed by atoms with van der Waals surface area (Å²) >= 11 is 1.40. The molecule has 0 atom stereocenters. The summed E-state index contributed by atoms with van der Waals surface area (Å²) in [6.07, 6.45) is 0. The molecule has 4 rings (SSSR count). The molecule has 1 fully saturated rings. The van der Waals surface area contributed by atoms with Crippen LogP contribution in [0.15, 0.2) is 64.9 Å². The molecular weight excluding hydrogens is 422 g/mol. The Morgan fingerprint density at radius 2 is 1.77 bits per heavy atom. The number of ketones is 1. The number of nitrogens with one attached hydrogen (secondary N) is 1. The van der Waals surface area contributed by atoms with Crippen molar-refractivity contribution in [2.24, 2.45) is 0 Å². The molecule has 0 saturated carbocycles. The monoisotopic (exact) mass is 443 g/mol. The van der Waals surface area contributed by atoms with E-state index in [0.717, 1.165) is 11.3 Å². The second kappa shape index (κ2) is 9.05. The van der Waals surface area contributed by atoms with Crippen molar-refractivity contribution in [3.05, 3.63) is 65.5 Å². The molecule has 0 unspecified atom stereocenters. The number of morpholine rings is 1. The van der Waals surface area contributed by atoms with E-state index in [1.54, 1.807) is 36.4 Å². The van der Waals surface area contributed by atoms with Crippen LogP contribution in [0.1, 0.15) is 10.4 Å². The van der Waals surface area contributed by atoms with Gasteiger partial charge in [-0.3, -0.25) is 4.79 Å². The topological polar surface area (TPSA) is 88.6 Å². The van der Waals surface area contributed by atoms with E-state index >= 15 is 0 Å². The van der Waals surface area contributed by atoms with Gasteiger partial charge in [-0.05, 0) is 12.1 Å². The van der Waals surface area contributed by atoms with Crippen molar-refractivity contribution in [2.45, 2.75) is 4.90 Å². The maximum absolute atomic E-state index is 12.7. The van der Waals surface area contributed by atoms with Crippen LogP contribution in [-0.2, 0) is 14.8 Å². The smallest absolute Gasteiger partial charge is 0.243 e. The molecule has 3 aromatic rings. The molecular formula is C21H21N3O4S2. The molecule has 1 saturated heterocycles. The molecule has 0 bridgehead atoms. The zero-order valence-electron chi connectivity index (χ0n) is 16.2. The predicted octanol–water partition coefficient (Wildman–Crippen LogP) is 3.13. The number of hydrogen-bond donors (Lipinski definition) is 1. The molecule has 9 heteroatoms. The molecule has 30 heavy (non-hydrogen) atoms. The fraction of sp³-hybridized carbons (Fsp3) is 0.238. The third-order valence-corrected chi connectivity index (χ3v) is 7.47. The average Bonchev–Trinajstić information content (AvgIpc) is 3.28. The average molecular weight is 444 g/mol. The normalized spacial score (nSPS) is 15.1. The minimum absolute atomic E-state index is 0.00924. The number of carbonyl (C=O) groups is 1. The summed E-state index contributed by atoms with van der Waals surface area (Å²) in [4.78, 5) is 17.0. The highest BCUT2D eigenvalue weighted by Crippen LogP contribution is 2.27. The summed E-state index contributed by atoms with van der Waals surface area (Å²) in [5.41, 5.74) is 2.19. The van der Waals surface area contributed by atoms with Crippen molar-refractivity contribution < 1.29 is 17.9 Å². The SMILES string of the molecule is O=C(CNc1nc(-c2ccc(S(=O)(=O)N3CCOCC3)cc2)cs1)c1ccccc1. The van der Waals surface area contributed by atoms with Gasteiger partial charge in [0.25, 0.3) is 0 Å². The largest absolute Gasteiger partial charge is 0.379 e. The Morgan fingerprint density at radius 3 is 2.47 bits per heavy atom. The van der Waals surface area contributed by atoms with Gasteiger partial charge in [0.1, 0.15) is 0 Å². The van der Waals surface area contributed by atoms with E-state index in [1.165, 1.54) is 15.6 Å². The summed E-state index contributed by atoms with van der Waals surface area (Å²) < 4.78 is 32.1. The van der Waals surface area contributed by atoms with E-state index in [-0.39, 0.29) is 17.2 Å². The highest BCUT2D eigenvalue weighted by atomic mass is 32.2. The minimum Gasteiger partial charge on any atom is -0.379 e. The number of anilines is 1. The third-order valence-electron chi connectivity index (χ3n) is 4.76. The number of carbonyl (C=O) groups excluding carboxylic acids is 1. The third kappa shape index (κ3) is 4.59. The van der Waals surface area contributed by atoms with Gasteiger partial charge in [0.2, 0.25) is 10.0 Å². The van der Waals surface area contributed by atoms with Crippen molar-refractivity contribution >= 4 is 32.3 Å². The lowest BCUT2D eigenvalue weighted by atomic mass is 10.1. The number of hydrogen-bond acceptors (Lipinski definition) is 7. The highest BCUT2D eigenvalue weighted by molar-refractivity contribution is 7.89. The van der Waals surface area contributed by atoms with Crippen LogP contribution in [0.5, 0.6) is 0 Å². The van der Waals surface area contributed by atoms with Gasteiger partial charge in [0, 0.05) is 29.6 Å². The van der Waals surface area contributed by atoms with E-state index in [1.807, 2.05) is 23.6 Å². The Morgan fingerprint density at radius 1 is 1.07 bits per heavy atom. The number of benzene rings is 2. The molecule has 0 radical (unpaired) electrons. The first-order chi connectivity index (χ1) is 14.5. The van der Waals surface area contributed by atoms with E-state index in [9.17, 15) is 13.2 Å². The van der Waals surface area contributed by atoms with Crippen LogP contribution in [0, 0.1) is 0 Å². The summed E-state index contributed by atoms with van der Waals surface area (Å²) in [5.74, 6) is -0.00924. The Hall–Kier alpha value is -2.59. The van der Waals surface area contributed by atoms with Crippen LogP contribution in [0.25, 0.3) is 11.3 Å². The first kappa shape index (κ1) is 20.7.